The summed E-state index contributed by atoms with van der Waals surface area (Å²) in [4.78, 5) is 22.4. The average molecular weight is 340 g/mol. The molecule has 0 aliphatic carbocycles. The predicted molar refractivity (Wildman–Crippen MR) is 63.6 cm³/mol. The van der Waals surface area contributed by atoms with Gasteiger partial charge >= 0.3 is 5.97 Å². The summed E-state index contributed by atoms with van der Waals surface area (Å²) in [6.07, 6.45) is -3.90. The van der Waals surface area contributed by atoms with Crippen LogP contribution >= 0.6 is 15.9 Å². The maximum absolute atomic E-state index is 13.0. The van der Waals surface area contributed by atoms with E-state index >= 15 is 0 Å². The van der Waals surface area contributed by atoms with Gasteiger partial charge in [0.25, 0.3) is 5.91 Å². The van der Waals surface area contributed by atoms with Crippen molar-refractivity contribution in [3.8, 4) is 0 Å². The smallest absolute Gasteiger partial charge is 0.326 e. The SMILES string of the molecule is O=C(NC(CC(F)F)C(=O)O)c1cc(F)ccc1Br. The summed E-state index contributed by atoms with van der Waals surface area (Å²) in [5.41, 5.74) is -0.166. The maximum Gasteiger partial charge on any atom is 0.326 e. The monoisotopic (exact) mass is 339 g/mol. The quantitative estimate of drug-likeness (QED) is 0.865. The highest BCUT2D eigenvalue weighted by Gasteiger charge is 2.25. The Kier molecular flexibility index (Phi) is 5.34. The number of carbonyl (C=O) groups is 2. The summed E-state index contributed by atoms with van der Waals surface area (Å²) in [5, 5.41) is 10.6. The fourth-order valence-electron chi connectivity index (χ4n) is 1.31. The first-order valence-electron chi connectivity index (χ1n) is 5.08. The van der Waals surface area contributed by atoms with Crippen molar-refractivity contribution < 1.29 is 27.9 Å². The zero-order chi connectivity index (χ0) is 14.6. The Labute approximate surface area is 114 Å². The van der Waals surface area contributed by atoms with Crippen LogP contribution in [0, 0.1) is 5.82 Å². The Morgan fingerprint density at radius 1 is 1.37 bits per heavy atom. The van der Waals surface area contributed by atoms with Gasteiger partial charge < -0.3 is 10.4 Å². The largest absolute Gasteiger partial charge is 0.480 e. The molecule has 0 spiro atoms. The van der Waals surface area contributed by atoms with Crippen molar-refractivity contribution >= 4 is 27.8 Å². The molecule has 1 aromatic rings. The lowest BCUT2D eigenvalue weighted by Crippen LogP contribution is -2.42. The van der Waals surface area contributed by atoms with E-state index in [0.29, 0.717) is 0 Å². The molecular weight excluding hydrogens is 331 g/mol. The van der Waals surface area contributed by atoms with Gasteiger partial charge in [-0.05, 0) is 34.1 Å². The van der Waals surface area contributed by atoms with Gasteiger partial charge in [-0.25, -0.2) is 18.0 Å². The van der Waals surface area contributed by atoms with Gasteiger partial charge in [0.15, 0.2) is 0 Å². The zero-order valence-electron chi connectivity index (χ0n) is 9.37. The van der Waals surface area contributed by atoms with Crippen LogP contribution in [0.25, 0.3) is 0 Å². The molecule has 0 heterocycles. The number of benzene rings is 1. The fourth-order valence-corrected chi connectivity index (χ4v) is 1.73. The molecule has 0 aliphatic heterocycles. The van der Waals surface area contributed by atoms with Crippen molar-refractivity contribution in [1.29, 1.82) is 0 Å². The Bertz CT molecular complexity index is 496. The Balaban J connectivity index is 2.87. The second-order valence-electron chi connectivity index (χ2n) is 3.62. The molecule has 2 N–H and O–H groups in total. The van der Waals surface area contributed by atoms with Crippen LogP contribution in [-0.4, -0.2) is 29.5 Å². The Morgan fingerprint density at radius 2 is 2.00 bits per heavy atom. The predicted octanol–water partition coefficient (Wildman–Crippen LogP) is 2.43. The molecule has 1 amide bonds. The number of nitrogens with one attached hydrogen (secondary N) is 1. The highest BCUT2D eigenvalue weighted by atomic mass is 79.9. The number of alkyl halides is 2. The third kappa shape index (κ3) is 4.55. The van der Waals surface area contributed by atoms with Crippen LogP contribution < -0.4 is 5.32 Å². The number of halogens is 4. The third-order valence-electron chi connectivity index (χ3n) is 2.19. The second-order valence-corrected chi connectivity index (χ2v) is 4.47. The minimum Gasteiger partial charge on any atom is -0.480 e. The lowest BCUT2D eigenvalue weighted by molar-refractivity contribution is -0.140. The van der Waals surface area contributed by atoms with Crippen LogP contribution in [0.3, 0.4) is 0 Å². The molecule has 0 saturated heterocycles. The van der Waals surface area contributed by atoms with Crippen molar-refractivity contribution in [2.75, 3.05) is 0 Å². The fraction of sp³-hybridized carbons (Fsp3) is 0.273. The van der Waals surface area contributed by atoms with Crippen molar-refractivity contribution in [2.45, 2.75) is 18.9 Å². The normalized spacial score (nSPS) is 12.3. The molecular formula is C11H9BrF3NO3. The van der Waals surface area contributed by atoms with E-state index in [4.69, 9.17) is 5.11 Å². The van der Waals surface area contributed by atoms with Crippen molar-refractivity contribution in [3.05, 3.63) is 34.1 Å². The zero-order valence-corrected chi connectivity index (χ0v) is 11.0. The van der Waals surface area contributed by atoms with Gasteiger partial charge in [-0.15, -0.1) is 0 Å². The molecule has 0 fully saturated rings. The van der Waals surface area contributed by atoms with Gasteiger partial charge in [-0.1, -0.05) is 0 Å². The minimum atomic E-state index is -2.88. The summed E-state index contributed by atoms with van der Waals surface area (Å²) in [7, 11) is 0. The standard InChI is InChI=1S/C11H9BrF3NO3/c12-7-2-1-5(13)3-6(7)10(17)16-8(11(18)19)4-9(14)15/h1-3,8-9H,4H2,(H,16,17)(H,18,19). The molecule has 0 bridgehead atoms. The number of rotatable bonds is 5. The van der Waals surface area contributed by atoms with Gasteiger partial charge in [0.05, 0.1) is 5.56 Å². The minimum absolute atomic E-state index is 0.166. The van der Waals surface area contributed by atoms with Crippen LogP contribution in [0.2, 0.25) is 0 Å². The number of aliphatic carboxylic acids is 1. The van der Waals surface area contributed by atoms with Crippen LogP contribution in [0.15, 0.2) is 22.7 Å². The maximum atomic E-state index is 13.0. The highest BCUT2D eigenvalue weighted by molar-refractivity contribution is 9.10. The highest BCUT2D eigenvalue weighted by Crippen LogP contribution is 2.18. The van der Waals surface area contributed by atoms with E-state index in [1.54, 1.807) is 0 Å². The number of carbonyl (C=O) groups excluding carboxylic acids is 1. The molecule has 19 heavy (non-hydrogen) atoms. The molecule has 4 nitrogen and oxygen atoms in total. The van der Waals surface area contributed by atoms with E-state index in [-0.39, 0.29) is 10.0 Å². The van der Waals surface area contributed by atoms with Gasteiger partial charge in [0, 0.05) is 10.9 Å². The van der Waals surface area contributed by atoms with Crippen LogP contribution in [0.4, 0.5) is 13.2 Å². The van der Waals surface area contributed by atoms with Crippen LogP contribution in [0.1, 0.15) is 16.8 Å². The van der Waals surface area contributed by atoms with E-state index in [9.17, 15) is 22.8 Å². The van der Waals surface area contributed by atoms with E-state index in [1.165, 1.54) is 6.07 Å². The van der Waals surface area contributed by atoms with E-state index in [1.807, 2.05) is 5.32 Å². The lowest BCUT2D eigenvalue weighted by Gasteiger charge is -2.14. The first-order chi connectivity index (χ1) is 8.81. The summed E-state index contributed by atoms with van der Waals surface area (Å²) in [6.45, 7) is 0. The van der Waals surface area contributed by atoms with E-state index in [2.05, 4.69) is 15.9 Å². The second kappa shape index (κ2) is 6.55. The van der Waals surface area contributed by atoms with Crippen molar-refractivity contribution in [1.82, 2.24) is 5.32 Å². The number of hydrogen-bond acceptors (Lipinski definition) is 2. The van der Waals surface area contributed by atoms with Gasteiger partial charge in [0.2, 0.25) is 6.43 Å². The summed E-state index contributed by atoms with van der Waals surface area (Å²) < 4.78 is 37.5. The number of carboxylic acids is 1. The van der Waals surface area contributed by atoms with E-state index < -0.39 is 36.6 Å². The first kappa shape index (κ1) is 15.5. The molecule has 1 atom stereocenters. The van der Waals surface area contributed by atoms with Crippen LogP contribution in [0.5, 0.6) is 0 Å². The Hall–Kier alpha value is -1.57. The lowest BCUT2D eigenvalue weighted by atomic mass is 10.1. The average Bonchev–Trinajstić information content (AvgIpc) is 2.30. The molecule has 104 valence electrons. The van der Waals surface area contributed by atoms with Crippen molar-refractivity contribution in [2.24, 2.45) is 0 Å². The summed E-state index contributed by atoms with van der Waals surface area (Å²) >= 11 is 2.99. The van der Waals surface area contributed by atoms with Gasteiger partial charge in [-0.2, -0.15) is 0 Å². The van der Waals surface area contributed by atoms with Gasteiger partial charge in [-0.3, -0.25) is 4.79 Å². The topological polar surface area (TPSA) is 66.4 Å². The first-order valence-corrected chi connectivity index (χ1v) is 5.87. The summed E-state index contributed by atoms with van der Waals surface area (Å²) in [6, 6.07) is 1.49. The summed E-state index contributed by atoms with van der Waals surface area (Å²) in [5.74, 6) is -3.23. The van der Waals surface area contributed by atoms with E-state index in [0.717, 1.165) is 12.1 Å². The number of carboxylic acid groups (broad SMARTS) is 1. The molecule has 0 radical (unpaired) electrons. The van der Waals surface area contributed by atoms with Crippen LogP contribution in [-0.2, 0) is 4.79 Å². The third-order valence-corrected chi connectivity index (χ3v) is 2.88. The molecule has 1 rings (SSSR count). The van der Waals surface area contributed by atoms with Gasteiger partial charge in [0.1, 0.15) is 11.9 Å². The number of amides is 1. The Morgan fingerprint density at radius 3 is 2.53 bits per heavy atom. The van der Waals surface area contributed by atoms with Crippen molar-refractivity contribution in [3.63, 3.8) is 0 Å². The molecule has 1 aromatic carbocycles. The molecule has 0 aliphatic rings. The number of hydrogen-bond donors (Lipinski definition) is 2. The molecule has 8 heteroatoms. The molecule has 0 saturated carbocycles. The molecule has 1 unspecified atom stereocenters. The molecule has 0 aromatic heterocycles.